The number of nitrogens with one attached hydrogen (secondary N) is 1. The molecule has 1 aromatic heterocycles. The van der Waals surface area contributed by atoms with Gasteiger partial charge in [-0.2, -0.15) is 4.98 Å². The zero-order valence-corrected chi connectivity index (χ0v) is 17.7. The summed E-state index contributed by atoms with van der Waals surface area (Å²) >= 11 is 6.05. The zero-order valence-electron chi connectivity index (χ0n) is 16.9. The van der Waals surface area contributed by atoms with Crippen molar-refractivity contribution in [2.45, 2.75) is 19.3 Å². The molecule has 0 spiro atoms. The largest absolute Gasteiger partial charge is 0.493 e. The summed E-state index contributed by atoms with van der Waals surface area (Å²) < 4.78 is 21.3. The number of aromatic nitrogens is 2. The normalized spacial score (nSPS) is 10.5. The third kappa shape index (κ3) is 5.01. The highest BCUT2D eigenvalue weighted by atomic mass is 35.5. The maximum Gasteiger partial charge on any atom is 0.226 e. The number of para-hydroxylation sites is 1. The van der Waals surface area contributed by atoms with Crippen LogP contribution in [0.3, 0.4) is 0 Å². The summed E-state index contributed by atoms with van der Waals surface area (Å²) in [7, 11) is 4.61. The molecule has 0 radical (unpaired) electrons. The minimum absolute atomic E-state index is 0.132. The van der Waals surface area contributed by atoms with Crippen LogP contribution in [0.25, 0.3) is 11.4 Å². The van der Waals surface area contributed by atoms with E-state index < -0.39 is 0 Å². The van der Waals surface area contributed by atoms with Crippen LogP contribution < -0.4 is 19.5 Å². The molecule has 2 aromatic carbocycles. The van der Waals surface area contributed by atoms with E-state index in [0.29, 0.717) is 64.5 Å². The van der Waals surface area contributed by atoms with Gasteiger partial charge in [-0.25, -0.2) is 0 Å². The quantitative estimate of drug-likeness (QED) is 0.537. The first-order chi connectivity index (χ1) is 14.5. The average Bonchev–Trinajstić information content (AvgIpc) is 3.23. The van der Waals surface area contributed by atoms with Crippen molar-refractivity contribution in [2.24, 2.45) is 0 Å². The molecule has 1 N–H and O–H groups in total. The van der Waals surface area contributed by atoms with Crippen LogP contribution in [0, 0.1) is 0 Å². The van der Waals surface area contributed by atoms with Crippen LogP contribution in [0.2, 0.25) is 5.02 Å². The van der Waals surface area contributed by atoms with E-state index in [1.807, 2.05) is 6.07 Å². The number of anilines is 1. The van der Waals surface area contributed by atoms with E-state index in [2.05, 4.69) is 15.5 Å². The Morgan fingerprint density at radius 3 is 2.43 bits per heavy atom. The van der Waals surface area contributed by atoms with Gasteiger partial charge < -0.3 is 24.1 Å². The fourth-order valence-electron chi connectivity index (χ4n) is 2.86. The highest BCUT2D eigenvalue weighted by Gasteiger charge is 2.17. The molecule has 8 nitrogen and oxygen atoms in total. The Balaban J connectivity index is 1.61. The summed E-state index contributed by atoms with van der Waals surface area (Å²) in [5.74, 6) is 2.17. The summed E-state index contributed by atoms with van der Waals surface area (Å²) in [6.45, 7) is 0. The minimum atomic E-state index is -0.132. The molecule has 0 fully saturated rings. The zero-order chi connectivity index (χ0) is 21.5. The smallest absolute Gasteiger partial charge is 0.226 e. The second-order valence-corrected chi connectivity index (χ2v) is 6.71. The SMILES string of the molecule is COc1cc(-c2noc(CCCC(=O)Nc3ccccc3Cl)n2)cc(OC)c1OC. The predicted molar refractivity (Wildman–Crippen MR) is 112 cm³/mol. The number of carbonyl (C=O) groups excluding carboxylic acids is 1. The van der Waals surface area contributed by atoms with Crippen LogP contribution in [0.5, 0.6) is 17.2 Å². The number of rotatable bonds is 9. The van der Waals surface area contributed by atoms with Crippen molar-refractivity contribution in [1.82, 2.24) is 10.1 Å². The highest BCUT2D eigenvalue weighted by Crippen LogP contribution is 2.40. The monoisotopic (exact) mass is 431 g/mol. The van der Waals surface area contributed by atoms with E-state index in [1.54, 1.807) is 30.3 Å². The van der Waals surface area contributed by atoms with E-state index >= 15 is 0 Å². The maximum absolute atomic E-state index is 12.1. The van der Waals surface area contributed by atoms with Gasteiger partial charge >= 0.3 is 0 Å². The molecule has 0 unspecified atom stereocenters. The number of hydrogen-bond donors (Lipinski definition) is 1. The van der Waals surface area contributed by atoms with Gasteiger partial charge in [0.2, 0.25) is 23.4 Å². The molecule has 0 aliphatic heterocycles. The molecule has 1 amide bonds. The van der Waals surface area contributed by atoms with Crippen molar-refractivity contribution in [3.63, 3.8) is 0 Å². The standard InChI is InChI=1S/C21H22ClN3O5/c1-27-16-11-13(12-17(28-2)20(16)29-3)21-24-19(30-25-21)10-6-9-18(26)23-15-8-5-4-7-14(15)22/h4-5,7-8,11-12H,6,9-10H2,1-3H3,(H,23,26). The van der Waals surface area contributed by atoms with Crippen LogP contribution >= 0.6 is 11.6 Å². The van der Waals surface area contributed by atoms with Crippen molar-refractivity contribution in [1.29, 1.82) is 0 Å². The topological polar surface area (TPSA) is 95.7 Å². The lowest BCUT2D eigenvalue weighted by atomic mass is 10.1. The molecule has 158 valence electrons. The molecule has 1 heterocycles. The molecule has 3 aromatic rings. The van der Waals surface area contributed by atoms with Gasteiger partial charge in [-0.15, -0.1) is 0 Å². The summed E-state index contributed by atoms with van der Waals surface area (Å²) in [5, 5.41) is 7.30. The van der Waals surface area contributed by atoms with Crippen molar-refractivity contribution < 1.29 is 23.5 Å². The first-order valence-electron chi connectivity index (χ1n) is 9.23. The molecule has 9 heteroatoms. The van der Waals surface area contributed by atoms with Gasteiger partial charge in [-0.3, -0.25) is 4.79 Å². The number of aryl methyl sites for hydroxylation is 1. The van der Waals surface area contributed by atoms with E-state index in [-0.39, 0.29) is 5.91 Å². The number of ether oxygens (including phenoxy) is 3. The van der Waals surface area contributed by atoms with Gasteiger partial charge in [0.1, 0.15) is 0 Å². The molecule has 0 atom stereocenters. The fourth-order valence-corrected chi connectivity index (χ4v) is 3.04. The number of benzene rings is 2. The van der Waals surface area contributed by atoms with Crippen molar-refractivity contribution in [2.75, 3.05) is 26.6 Å². The van der Waals surface area contributed by atoms with Gasteiger partial charge in [-0.05, 0) is 30.7 Å². The molecular formula is C21H22ClN3O5. The maximum atomic E-state index is 12.1. The number of methoxy groups -OCH3 is 3. The van der Waals surface area contributed by atoms with Gasteiger partial charge in [-0.1, -0.05) is 28.9 Å². The summed E-state index contributed by atoms with van der Waals surface area (Å²) in [6, 6.07) is 10.6. The second-order valence-electron chi connectivity index (χ2n) is 6.31. The molecule has 0 aliphatic rings. The molecule has 0 bridgehead atoms. The summed E-state index contributed by atoms with van der Waals surface area (Å²) in [4.78, 5) is 16.5. The number of halogens is 1. The molecule has 0 aliphatic carbocycles. The number of hydrogen-bond acceptors (Lipinski definition) is 7. The Bertz CT molecular complexity index is 996. The van der Waals surface area contributed by atoms with Crippen LogP contribution in [-0.4, -0.2) is 37.4 Å². The number of carbonyl (C=O) groups is 1. The fraction of sp³-hybridized carbons (Fsp3) is 0.286. The second kappa shape index (κ2) is 9.98. The van der Waals surface area contributed by atoms with Crippen LogP contribution in [0.4, 0.5) is 5.69 Å². The van der Waals surface area contributed by atoms with Gasteiger partial charge in [0, 0.05) is 18.4 Å². The van der Waals surface area contributed by atoms with Crippen molar-refractivity contribution >= 4 is 23.2 Å². The van der Waals surface area contributed by atoms with Gasteiger partial charge in [0.15, 0.2) is 11.5 Å². The number of nitrogens with zero attached hydrogens (tertiary/aromatic N) is 2. The Labute approximate surface area is 179 Å². The van der Waals surface area contributed by atoms with Crippen molar-refractivity contribution in [3.05, 3.63) is 47.3 Å². The third-order valence-electron chi connectivity index (χ3n) is 4.33. The Kier molecular flexibility index (Phi) is 7.13. The van der Waals surface area contributed by atoms with Crippen molar-refractivity contribution in [3.8, 4) is 28.6 Å². The Hall–Kier alpha value is -3.26. The van der Waals surface area contributed by atoms with Crippen LogP contribution in [0.15, 0.2) is 40.9 Å². The van der Waals surface area contributed by atoms with E-state index in [0.717, 1.165) is 0 Å². The highest BCUT2D eigenvalue weighted by molar-refractivity contribution is 6.33. The number of amides is 1. The molecule has 3 rings (SSSR count). The average molecular weight is 432 g/mol. The molecular weight excluding hydrogens is 410 g/mol. The first-order valence-corrected chi connectivity index (χ1v) is 9.60. The first kappa shape index (κ1) is 21.4. The van der Waals surface area contributed by atoms with Crippen LogP contribution in [0.1, 0.15) is 18.7 Å². The lowest BCUT2D eigenvalue weighted by molar-refractivity contribution is -0.116. The molecule has 0 saturated heterocycles. The minimum Gasteiger partial charge on any atom is -0.493 e. The third-order valence-corrected chi connectivity index (χ3v) is 4.66. The van der Waals surface area contributed by atoms with Gasteiger partial charge in [0.25, 0.3) is 0 Å². The summed E-state index contributed by atoms with van der Waals surface area (Å²) in [6.07, 6.45) is 1.31. The van der Waals surface area contributed by atoms with E-state index in [1.165, 1.54) is 21.3 Å². The van der Waals surface area contributed by atoms with Crippen LogP contribution in [-0.2, 0) is 11.2 Å². The Morgan fingerprint density at radius 2 is 1.80 bits per heavy atom. The summed E-state index contributed by atoms with van der Waals surface area (Å²) in [5.41, 5.74) is 1.25. The lowest BCUT2D eigenvalue weighted by Crippen LogP contribution is -2.11. The predicted octanol–water partition coefficient (Wildman–Crippen LogP) is 4.38. The van der Waals surface area contributed by atoms with E-state index in [4.69, 9.17) is 30.3 Å². The van der Waals surface area contributed by atoms with E-state index in [9.17, 15) is 4.79 Å². The molecule has 30 heavy (non-hydrogen) atoms. The lowest BCUT2D eigenvalue weighted by Gasteiger charge is -2.12. The Morgan fingerprint density at radius 1 is 1.10 bits per heavy atom. The van der Waals surface area contributed by atoms with Gasteiger partial charge in [0.05, 0.1) is 32.0 Å². The molecule has 0 saturated carbocycles.